The van der Waals surface area contributed by atoms with Gasteiger partial charge in [0.25, 0.3) is 0 Å². The first kappa shape index (κ1) is 24.8. The monoisotopic (exact) mass is 374 g/mol. The molecule has 0 aromatic carbocycles. The lowest BCUT2D eigenvalue weighted by atomic mass is 10.0. The minimum absolute atomic E-state index is 0.264. The van der Waals surface area contributed by atoms with Crippen molar-refractivity contribution in [1.29, 1.82) is 0 Å². The third-order valence-corrected chi connectivity index (χ3v) is 5.49. The van der Waals surface area contributed by atoms with Gasteiger partial charge in [-0.25, -0.2) is 4.79 Å². The molecule has 0 spiro atoms. The van der Waals surface area contributed by atoms with Gasteiger partial charge in [0, 0.05) is 5.75 Å². The van der Waals surface area contributed by atoms with Gasteiger partial charge in [0.15, 0.2) is 0 Å². The zero-order valence-electron chi connectivity index (χ0n) is 16.5. The average Bonchev–Trinajstić information content (AvgIpc) is 2.64. The highest BCUT2D eigenvalue weighted by molar-refractivity contribution is 7.80. The fourth-order valence-corrected chi connectivity index (χ4v) is 3.63. The molecule has 3 nitrogen and oxygen atoms in total. The van der Waals surface area contributed by atoms with Crippen LogP contribution >= 0.6 is 12.6 Å². The van der Waals surface area contributed by atoms with E-state index in [4.69, 9.17) is 5.26 Å². The molecule has 0 amide bonds. The number of unbranched alkanes of at least 4 members (excludes halogenated alkanes) is 15. The summed E-state index contributed by atoms with van der Waals surface area (Å²) >= 11 is 4.13. The molecule has 1 unspecified atom stereocenters. The van der Waals surface area contributed by atoms with Gasteiger partial charge in [-0.3, -0.25) is 0 Å². The van der Waals surface area contributed by atoms with E-state index in [0.717, 1.165) is 19.3 Å². The van der Waals surface area contributed by atoms with Crippen LogP contribution in [-0.2, 0) is 9.68 Å². The Bertz CT molecular complexity index is 284. The van der Waals surface area contributed by atoms with Crippen molar-refractivity contribution >= 4 is 18.6 Å². The second-order valence-electron chi connectivity index (χ2n) is 7.38. The van der Waals surface area contributed by atoms with Gasteiger partial charge in [-0.15, -0.1) is 0 Å². The number of hydrogen-bond acceptors (Lipinski definition) is 4. The fraction of sp³-hybridized carbons (Fsp3) is 0.952. The van der Waals surface area contributed by atoms with Gasteiger partial charge < -0.3 is 4.89 Å². The topological polar surface area (TPSA) is 46.5 Å². The summed E-state index contributed by atoms with van der Waals surface area (Å²) in [7, 11) is 0. The van der Waals surface area contributed by atoms with Crippen LogP contribution in [0.2, 0.25) is 0 Å². The van der Waals surface area contributed by atoms with E-state index >= 15 is 0 Å². The lowest BCUT2D eigenvalue weighted by Crippen LogP contribution is -2.17. The fourth-order valence-electron chi connectivity index (χ4n) is 3.30. The predicted octanol–water partition coefficient (Wildman–Crippen LogP) is 7.20. The van der Waals surface area contributed by atoms with Crippen molar-refractivity contribution in [3.05, 3.63) is 0 Å². The molecule has 0 aliphatic heterocycles. The Morgan fingerprint density at radius 1 is 0.760 bits per heavy atom. The number of rotatable bonds is 19. The van der Waals surface area contributed by atoms with Gasteiger partial charge in [-0.05, 0) is 6.42 Å². The molecule has 1 atom stereocenters. The molecular formula is C21H42O3S. The van der Waals surface area contributed by atoms with Crippen LogP contribution < -0.4 is 0 Å². The van der Waals surface area contributed by atoms with Gasteiger partial charge in [0.2, 0.25) is 0 Å². The second kappa shape index (κ2) is 20.1. The molecule has 0 saturated heterocycles. The molecule has 0 bridgehead atoms. The second-order valence-corrected chi connectivity index (χ2v) is 7.75. The summed E-state index contributed by atoms with van der Waals surface area (Å²) in [6.45, 7) is 2.27. The van der Waals surface area contributed by atoms with Crippen molar-refractivity contribution in [3.8, 4) is 0 Å². The van der Waals surface area contributed by atoms with Crippen LogP contribution in [0.15, 0.2) is 0 Å². The van der Waals surface area contributed by atoms with Crippen molar-refractivity contribution < 1.29 is 14.9 Å². The van der Waals surface area contributed by atoms with Crippen LogP contribution in [0, 0.1) is 5.92 Å². The van der Waals surface area contributed by atoms with E-state index < -0.39 is 5.97 Å². The molecule has 0 aliphatic rings. The van der Waals surface area contributed by atoms with E-state index in [9.17, 15) is 4.79 Å². The summed E-state index contributed by atoms with van der Waals surface area (Å²) in [5, 5.41) is 8.39. The van der Waals surface area contributed by atoms with E-state index in [2.05, 4.69) is 24.4 Å². The zero-order chi connectivity index (χ0) is 18.6. The third kappa shape index (κ3) is 17.0. The SMILES string of the molecule is CCCCCCCCCCCCCCCCCCC(CS)C(=O)OO. The first-order chi connectivity index (χ1) is 12.3. The maximum atomic E-state index is 11.2. The Morgan fingerprint density at radius 3 is 1.44 bits per heavy atom. The molecule has 0 fully saturated rings. The van der Waals surface area contributed by atoms with Gasteiger partial charge in [0.1, 0.15) is 0 Å². The van der Waals surface area contributed by atoms with Crippen molar-refractivity contribution in [1.82, 2.24) is 0 Å². The third-order valence-electron chi connectivity index (χ3n) is 5.05. The molecule has 0 heterocycles. The van der Waals surface area contributed by atoms with Gasteiger partial charge in [0.05, 0.1) is 5.92 Å². The van der Waals surface area contributed by atoms with Crippen molar-refractivity contribution in [2.75, 3.05) is 5.75 Å². The minimum Gasteiger partial charge on any atom is -0.301 e. The summed E-state index contributed by atoms with van der Waals surface area (Å²) in [5.41, 5.74) is 0. The Hall–Kier alpha value is -0.220. The molecular weight excluding hydrogens is 332 g/mol. The van der Waals surface area contributed by atoms with Crippen LogP contribution in [0.1, 0.15) is 116 Å². The Balaban J connectivity index is 3.17. The summed E-state index contributed by atoms with van der Waals surface area (Å²) < 4.78 is 0. The molecule has 1 N–H and O–H groups in total. The van der Waals surface area contributed by atoms with E-state index in [1.165, 1.54) is 89.9 Å². The maximum absolute atomic E-state index is 11.2. The lowest BCUT2D eigenvalue weighted by molar-refractivity contribution is -0.238. The van der Waals surface area contributed by atoms with Gasteiger partial charge in [-0.1, -0.05) is 110 Å². The van der Waals surface area contributed by atoms with Crippen molar-refractivity contribution in [2.24, 2.45) is 5.92 Å². The first-order valence-electron chi connectivity index (χ1n) is 10.7. The summed E-state index contributed by atoms with van der Waals surface area (Å²) in [4.78, 5) is 15.0. The first-order valence-corrected chi connectivity index (χ1v) is 11.4. The van der Waals surface area contributed by atoms with Crippen LogP contribution in [0.5, 0.6) is 0 Å². The quantitative estimate of drug-likeness (QED) is 0.109. The summed E-state index contributed by atoms with van der Waals surface area (Å²) in [5.74, 6) is -0.367. The highest BCUT2D eigenvalue weighted by atomic mass is 32.1. The lowest BCUT2D eigenvalue weighted by Gasteiger charge is -2.09. The highest BCUT2D eigenvalue weighted by Gasteiger charge is 2.17. The Labute approximate surface area is 161 Å². The molecule has 0 radical (unpaired) electrons. The van der Waals surface area contributed by atoms with Crippen LogP contribution in [-0.4, -0.2) is 17.0 Å². The highest BCUT2D eigenvalue weighted by Crippen LogP contribution is 2.16. The molecule has 25 heavy (non-hydrogen) atoms. The molecule has 0 aromatic heterocycles. The molecule has 0 aliphatic carbocycles. The molecule has 0 saturated carbocycles. The van der Waals surface area contributed by atoms with Crippen molar-refractivity contribution in [3.63, 3.8) is 0 Å². The number of carbonyl (C=O) groups excluding carboxylic acids is 1. The largest absolute Gasteiger partial charge is 0.345 e. The summed E-state index contributed by atoms with van der Waals surface area (Å²) in [6.07, 6.45) is 22.3. The average molecular weight is 375 g/mol. The standard InChI is InChI=1S/C21H42O3S/c1-2-3-4-5-6-7-8-9-10-11-12-13-14-15-16-17-18-20(19-25)21(22)24-23/h20,23,25H,2-19H2,1H3. The minimum atomic E-state index is -0.545. The summed E-state index contributed by atoms with van der Waals surface area (Å²) in [6, 6.07) is 0. The predicted molar refractivity (Wildman–Crippen MR) is 110 cm³/mol. The normalized spacial score (nSPS) is 12.3. The zero-order valence-corrected chi connectivity index (χ0v) is 17.4. The van der Waals surface area contributed by atoms with Crippen LogP contribution in [0.25, 0.3) is 0 Å². The maximum Gasteiger partial charge on any atom is 0.345 e. The number of hydrogen-bond donors (Lipinski definition) is 2. The van der Waals surface area contributed by atoms with Crippen LogP contribution in [0.4, 0.5) is 0 Å². The van der Waals surface area contributed by atoms with Crippen LogP contribution in [0.3, 0.4) is 0 Å². The van der Waals surface area contributed by atoms with Gasteiger partial charge in [-0.2, -0.15) is 17.9 Å². The van der Waals surface area contributed by atoms with E-state index in [1.807, 2.05) is 0 Å². The van der Waals surface area contributed by atoms with E-state index in [-0.39, 0.29) is 5.92 Å². The van der Waals surface area contributed by atoms with Crippen molar-refractivity contribution in [2.45, 2.75) is 116 Å². The molecule has 0 rings (SSSR count). The Morgan fingerprint density at radius 2 is 1.12 bits per heavy atom. The number of carbonyl (C=O) groups is 1. The Kier molecular flexibility index (Phi) is 19.9. The van der Waals surface area contributed by atoms with E-state index in [0.29, 0.717) is 5.75 Å². The smallest absolute Gasteiger partial charge is 0.301 e. The van der Waals surface area contributed by atoms with Gasteiger partial charge >= 0.3 is 5.97 Å². The number of thiol groups is 1. The molecule has 150 valence electrons. The van der Waals surface area contributed by atoms with E-state index in [1.54, 1.807) is 0 Å². The molecule has 0 aromatic rings. The molecule has 4 heteroatoms.